The third-order valence-corrected chi connectivity index (χ3v) is 5.12. The standard InChI is InChI=1S/C23H19Cl2N3O2/c24-17-7-5-16(6-8-17)14-28-21-4-2-1-3-20(21)27-22(28)13-26-23(29)15-30-19-11-9-18(25)10-12-19/h1-12H,13-15H2,(H,26,29). The number of para-hydroxylation sites is 2. The van der Waals surface area contributed by atoms with Crippen molar-refractivity contribution >= 4 is 40.1 Å². The first kappa shape index (κ1) is 20.3. The van der Waals surface area contributed by atoms with Gasteiger partial charge in [-0.05, 0) is 54.1 Å². The number of nitrogens with one attached hydrogen (secondary N) is 1. The van der Waals surface area contributed by atoms with Gasteiger partial charge in [0.2, 0.25) is 0 Å². The first-order valence-electron chi connectivity index (χ1n) is 9.42. The molecule has 7 heteroatoms. The number of rotatable bonds is 7. The highest BCUT2D eigenvalue weighted by molar-refractivity contribution is 6.30. The molecular weight excluding hydrogens is 421 g/mol. The smallest absolute Gasteiger partial charge is 0.258 e. The van der Waals surface area contributed by atoms with Crippen molar-refractivity contribution in [1.29, 1.82) is 0 Å². The Hall–Kier alpha value is -3.02. The Bertz CT molecular complexity index is 1160. The van der Waals surface area contributed by atoms with Crippen LogP contribution in [0, 0.1) is 0 Å². The van der Waals surface area contributed by atoms with Crippen LogP contribution in [0.2, 0.25) is 10.0 Å². The average Bonchev–Trinajstić information content (AvgIpc) is 3.11. The number of nitrogens with zero attached hydrogens (tertiary/aromatic N) is 2. The van der Waals surface area contributed by atoms with E-state index in [4.69, 9.17) is 32.9 Å². The largest absolute Gasteiger partial charge is 0.484 e. The van der Waals surface area contributed by atoms with Gasteiger partial charge in [0.1, 0.15) is 11.6 Å². The van der Waals surface area contributed by atoms with Crippen LogP contribution < -0.4 is 10.1 Å². The topological polar surface area (TPSA) is 56.1 Å². The highest BCUT2D eigenvalue weighted by atomic mass is 35.5. The number of hydrogen-bond acceptors (Lipinski definition) is 3. The van der Waals surface area contributed by atoms with Gasteiger partial charge in [0.25, 0.3) is 5.91 Å². The Balaban J connectivity index is 1.45. The summed E-state index contributed by atoms with van der Waals surface area (Å²) in [5, 5.41) is 4.20. The lowest BCUT2D eigenvalue weighted by atomic mass is 10.2. The number of aromatic nitrogens is 2. The predicted molar refractivity (Wildman–Crippen MR) is 119 cm³/mol. The second-order valence-electron chi connectivity index (χ2n) is 6.75. The third kappa shape index (κ3) is 4.93. The molecule has 1 aromatic heterocycles. The molecule has 1 heterocycles. The van der Waals surface area contributed by atoms with Gasteiger partial charge in [0, 0.05) is 16.6 Å². The zero-order chi connectivity index (χ0) is 20.9. The first-order chi connectivity index (χ1) is 14.6. The summed E-state index contributed by atoms with van der Waals surface area (Å²) in [5.74, 6) is 1.13. The van der Waals surface area contributed by atoms with Crippen molar-refractivity contribution in [2.75, 3.05) is 6.61 Å². The van der Waals surface area contributed by atoms with Gasteiger partial charge in [-0.25, -0.2) is 4.98 Å². The monoisotopic (exact) mass is 439 g/mol. The SMILES string of the molecule is O=C(COc1ccc(Cl)cc1)NCc1nc2ccccc2n1Cc1ccc(Cl)cc1. The number of fused-ring (bicyclic) bond motifs is 1. The molecule has 4 aromatic rings. The van der Waals surface area contributed by atoms with Crippen LogP contribution in [0.25, 0.3) is 11.0 Å². The maximum atomic E-state index is 12.3. The molecule has 0 spiro atoms. The van der Waals surface area contributed by atoms with Crippen LogP contribution in [0.4, 0.5) is 0 Å². The molecular formula is C23H19Cl2N3O2. The van der Waals surface area contributed by atoms with Gasteiger partial charge in [0.15, 0.2) is 6.61 Å². The maximum absolute atomic E-state index is 12.3. The molecule has 3 aromatic carbocycles. The normalized spacial score (nSPS) is 10.9. The predicted octanol–water partition coefficient (Wildman–Crippen LogP) is 5.09. The Morgan fingerprint density at radius 3 is 2.33 bits per heavy atom. The van der Waals surface area contributed by atoms with Crippen molar-refractivity contribution < 1.29 is 9.53 Å². The van der Waals surface area contributed by atoms with Gasteiger partial charge in [-0.1, -0.05) is 47.5 Å². The van der Waals surface area contributed by atoms with Crippen molar-refractivity contribution in [2.24, 2.45) is 0 Å². The highest BCUT2D eigenvalue weighted by Crippen LogP contribution is 2.19. The molecule has 0 fully saturated rings. The summed E-state index contributed by atoms with van der Waals surface area (Å²) in [6.07, 6.45) is 0. The van der Waals surface area contributed by atoms with Crippen molar-refractivity contribution in [3.05, 3.63) is 94.2 Å². The van der Waals surface area contributed by atoms with Crippen molar-refractivity contribution in [3.8, 4) is 5.75 Å². The number of amides is 1. The lowest BCUT2D eigenvalue weighted by Crippen LogP contribution is -2.29. The summed E-state index contributed by atoms with van der Waals surface area (Å²) in [5.41, 5.74) is 2.99. The van der Waals surface area contributed by atoms with Crippen molar-refractivity contribution in [1.82, 2.24) is 14.9 Å². The minimum atomic E-state index is -0.227. The van der Waals surface area contributed by atoms with E-state index < -0.39 is 0 Å². The summed E-state index contributed by atoms with van der Waals surface area (Å²) in [4.78, 5) is 17.0. The molecule has 5 nitrogen and oxygen atoms in total. The minimum Gasteiger partial charge on any atom is -0.484 e. The van der Waals surface area contributed by atoms with Crippen molar-refractivity contribution in [3.63, 3.8) is 0 Å². The highest BCUT2D eigenvalue weighted by Gasteiger charge is 2.12. The molecule has 0 atom stereocenters. The molecule has 0 aliphatic heterocycles. The van der Waals surface area contributed by atoms with Crippen LogP contribution in [0.5, 0.6) is 5.75 Å². The summed E-state index contributed by atoms with van der Waals surface area (Å²) >= 11 is 11.9. The van der Waals surface area contributed by atoms with Crippen LogP contribution in [-0.2, 0) is 17.9 Å². The Kier molecular flexibility index (Phi) is 6.21. The van der Waals surface area contributed by atoms with Crippen molar-refractivity contribution in [2.45, 2.75) is 13.1 Å². The van der Waals surface area contributed by atoms with Gasteiger partial charge in [-0.15, -0.1) is 0 Å². The number of carbonyl (C=O) groups excluding carboxylic acids is 1. The second-order valence-corrected chi connectivity index (χ2v) is 7.62. The fraction of sp³-hybridized carbons (Fsp3) is 0.130. The first-order valence-corrected chi connectivity index (χ1v) is 10.2. The van der Waals surface area contributed by atoms with E-state index in [9.17, 15) is 4.79 Å². The van der Waals surface area contributed by atoms with Crippen LogP contribution in [-0.4, -0.2) is 22.1 Å². The molecule has 1 amide bonds. The van der Waals surface area contributed by atoms with E-state index in [0.29, 0.717) is 28.9 Å². The average molecular weight is 440 g/mol. The van der Waals surface area contributed by atoms with Gasteiger partial charge in [0.05, 0.1) is 17.6 Å². The molecule has 0 aliphatic carbocycles. The van der Waals surface area contributed by atoms with E-state index in [1.54, 1.807) is 24.3 Å². The molecule has 152 valence electrons. The Labute approximate surface area is 184 Å². The van der Waals surface area contributed by atoms with E-state index in [0.717, 1.165) is 22.4 Å². The quantitative estimate of drug-likeness (QED) is 0.436. The van der Waals surface area contributed by atoms with E-state index in [1.807, 2.05) is 48.5 Å². The Morgan fingerprint density at radius 2 is 1.60 bits per heavy atom. The zero-order valence-electron chi connectivity index (χ0n) is 16.0. The lowest BCUT2D eigenvalue weighted by Gasteiger charge is -2.11. The summed E-state index contributed by atoms with van der Waals surface area (Å²) in [6.45, 7) is 0.842. The molecule has 30 heavy (non-hydrogen) atoms. The number of halogens is 2. The molecule has 0 aliphatic rings. The molecule has 0 saturated carbocycles. The van der Waals surface area contributed by atoms with E-state index in [-0.39, 0.29) is 12.5 Å². The van der Waals surface area contributed by atoms with Crippen LogP contribution in [0.15, 0.2) is 72.8 Å². The van der Waals surface area contributed by atoms with Gasteiger partial charge < -0.3 is 14.6 Å². The number of carbonyl (C=O) groups is 1. The summed E-state index contributed by atoms with van der Waals surface area (Å²) in [6, 6.07) is 22.5. The van der Waals surface area contributed by atoms with E-state index in [2.05, 4.69) is 9.88 Å². The molecule has 0 unspecified atom stereocenters. The van der Waals surface area contributed by atoms with Gasteiger partial charge >= 0.3 is 0 Å². The van der Waals surface area contributed by atoms with Gasteiger partial charge in [-0.3, -0.25) is 4.79 Å². The number of ether oxygens (including phenoxy) is 1. The van der Waals surface area contributed by atoms with E-state index >= 15 is 0 Å². The fourth-order valence-corrected chi connectivity index (χ4v) is 3.37. The van der Waals surface area contributed by atoms with Gasteiger partial charge in [-0.2, -0.15) is 0 Å². The molecule has 1 N–H and O–H groups in total. The molecule has 0 radical (unpaired) electrons. The Morgan fingerprint density at radius 1 is 0.933 bits per heavy atom. The molecule has 4 rings (SSSR count). The van der Waals surface area contributed by atoms with Crippen LogP contribution in [0.1, 0.15) is 11.4 Å². The molecule has 0 saturated heterocycles. The summed E-state index contributed by atoms with van der Waals surface area (Å²) < 4.78 is 7.59. The number of imidazole rings is 1. The number of hydrogen-bond donors (Lipinski definition) is 1. The second kappa shape index (κ2) is 9.20. The third-order valence-electron chi connectivity index (χ3n) is 4.61. The minimum absolute atomic E-state index is 0.0843. The van der Waals surface area contributed by atoms with Crippen LogP contribution in [0.3, 0.4) is 0 Å². The summed E-state index contributed by atoms with van der Waals surface area (Å²) in [7, 11) is 0. The fourth-order valence-electron chi connectivity index (χ4n) is 3.12. The lowest BCUT2D eigenvalue weighted by molar-refractivity contribution is -0.123. The van der Waals surface area contributed by atoms with Crippen LogP contribution >= 0.6 is 23.2 Å². The number of benzene rings is 3. The van der Waals surface area contributed by atoms with E-state index in [1.165, 1.54) is 0 Å². The maximum Gasteiger partial charge on any atom is 0.258 e. The molecule has 0 bridgehead atoms. The zero-order valence-corrected chi connectivity index (χ0v) is 17.5.